The summed E-state index contributed by atoms with van der Waals surface area (Å²) in [6.45, 7) is 0. The molecule has 2 amide bonds. The van der Waals surface area contributed by atoms with Crippen molar-refractivity contribution in [3.05, 3.63) is 96.2 Å². The van der Waals surface area contributed by atoms with Gasteiger partial charge in [0, 0.05) is 28.8 Å². The number of nitrogens with one attached hydrogen (secondary N) is 3. The lowest BCUT2D eigenvalue weighted by Gasteiger charge is -2.16. The highest BCUT2D eigenvalue weighted by molar-refractivity contribution is 6.16. The lowest BCUT2D eigenvalue weighted by molar-refractivity contribution is -0.131. The fourth-order valence-electron chi connectivity index (χ4n) is 4.20. The van der Waals surface area contributed by atoms with Crippen LogP contribution in [0.2, 0.25) is 0 Å². The molecule has 1 aliphatic carbocycles. The van der Waals surface area contributed by atoms with Gasteiger partial charge in [0.15, 0.2) is 23.1 Å². The Bertz CT molecular complexity index is 1620. The number of carbonyl (C=O) groups is 2. The molecule has 39 heavy (non-hydrogen) atoms. The van der Waals surface area contributed by atoms with Gasteiger partial charge in [-0.05, 0) is 67.4 Å². The summed E-state index contributed by atoms with van der Waals surface area (Å²) in [7, 11) is 0. The second-order valence-electron chi connectivity index (χ2n) is 9.23. The van der Waals surface area contributed by atoms with E-state index in [0.29, 0.717) is 35.8 Å². The smallest absolute Gasteiger partial charge is 0.240 e. The molecule has 0 atom stereocenters. The van der Waals surface area contributed by atoms with Crippen molar-refractivity contribution < 1.29 is 23.1 Å². The van der Waals surface area contributed by atoms with Crippen molar-refractivity contribution in [2.45, 2.75) is 12.8 Å². The number of aromatic nitrogens is 1. The number of hydrogen-bond donors (Lipinski definition) is 3. The Hall–Kier alpha value is -5.12. The van der Waals surface area contributed by atoms with E-state index >= 15 is 0 Å². The van der Waals surface area contributed by atoms with E-state index in [1.807, 2.05) is 24.3 Å². The predicted molar refractivity (Wildman–Crippen MR) is 143 cm³/mol. The molecule has 1 fully saturated rings. The molecule has 194 valence electrons. The Morgan fingerprint density at radius 2 is 1.51 bits per heavy atom. The van der Waals surface area contributed by atoms with Gasteiger partial charge in [-0.3, -0.25) is 9.59 Å². The van der Waals surface area contributed by atoms with E-state index in [0.717, 1.165) is 17.4 Å². The molecule has 2 heterocycles. The van der Waals surface area contributed by atoms with Crippen LogP contribution in [-0.4, -0.2) is 23.0 Å². The quantitative estimate of drug-likeness (QED) is 0.225. The van der Waals surface area contributed by atoms with Gasteiger partial charge in [0.1, 0.15) is 17.0 Å². The molecule has 10 heteroatoms. The molecular formula is C29H21F2N5O3. The summed E-state index contributed by atoms with van der Waals surface area (Å²) in [5.74, 6) is -1.42. The number of rotatable bonds is 6. The molecule has 0 saturated heterocycles. The van der Waals surface area contributed by atoms with Crippen molar-refractivity contribution in [2.75, 3.05) is 16.0 Å². The molecule has 0 radical (unpaired) electrons. The van der Waals surface area contributed by atoms with Gasteiger partial charge in [-0.1, -0.05) is 18.2 Å². The van der Waals surface area contributed by atoms with Crippen LogP contribution < -0.4 is 20.7 Å². The van der Waals surface area contributed by atoms with Crippen LogP contribution in [0.3, 0.4) is 0 Å². The fraction of sp³-hybridized carbons (Fsp3) is 0.103. The van der Waals surface area contributed by atoms with Crippen LogP contribution >= 0.6 is 0 Å². The van der Waals surface area contributed by atoms with Crippen LogP contribution in [-0.2, 0) is 9.59 Å². The topological polar surface area (TPSA) is 105 Å². The number of pyridine rings is 1. The summed E-state index contributed by atoms with van der Waals surface area (Å²) >= 11 is 0. The number of para-hydroxylation sites is 1. The monoisotopic (exact) mass is 525 g/mol. The number of halogens is 2. The zero-order chi connectivity index (χ0) is 27.0. The standard InChI is InChI=1S/C29H21F2N5O3/c30-18-5-7-19(8-6-18)34-27(37)29(13-14-29)28(38)35-20-9-11-21(12-10-20)39-25-22(31)16-33-26-24(25)32-15-17-3-1-2-4-23(17)36-26/h1-12,15-16H,13-14H2,(H,33,36)(H,34,37)(H,35,38). The van der Waals surface area contributed by atoms with Crippen molar-refractivity contribution in [1.82, 2.24) is 4.98 Å². The minimum atomic E-state index is -1.19. The molecule has 1 aliphatic heterocycles. The lowest BCUT2D eigenvalue weighted by Crippen LogP contribution is -2.35. The van der Waals surface area contributed by atoms with E-state index in [1.54, 1.807) is 30.5 Å². The molecule has 8 nitrogen and oxygen atoms in total. The number of hydrogen-bond acceptors (Lipinski definition) is 6. The van der Waals surface area contributed by atoms with E-state index < -0.39 is 28.9 Å². The fourth-order valence-corrected chi connectivity index (χ4v) is 4.20. The minimum Gasteiger partial charge on any atom is -0.452 e. The van der Waals surface area contributed by atoms with Gasteiger partial charge in [0.05, 0.1) is 6.20 Å². The van der Waals surface area contributed by atoms with Crippen molar-refractivity contribution in [3.8, 4) is 11.5 Å². The van der Waals surface area contributed by atoms with Gasteiger partial charge in [0.25, 0.3) is 0 Å². The van der Waals surface area contributed by atoms with E-state index in [1.165, 1.54) is 24.3 Å². The summed E-state index contributed by atoms with van der Waals surface area (Å²) in [6, 6.07) is 19.2. The summed E-state index contributed by atoms with van der Waals surface area (Å²) in [5.41, 5.74) is 1.48. The van der Waals surface area contributed by atoms with Crippen LogP contribution in [0.25, 0.3) is 0 Å². The third-order valence-corrected chi connectivity index (χ3v) is 6.56. The average molecular weight is 526 g/mol. The summed E-state index contributed by atoms with van der Waals surface area (Å²) in [4.78, 5) is 34.2. The Morgan fingerprint density at radius 1 is 0.872 bits per heavy atom. The van der Waals surface area contributed by atoms with Crippen LogP contribution in [0.15, 0.2) is 84.0 Å². The second-order valence-corrected chi connectivity index (χ2v) is 9.23. The number of benzene rings is 3. The molecule has 0 spiro atoms. The third-order valence-electron chi connectivity index (χ3n) is 6.56. The molecular weight excluding hydrogens is 504 g/mol. The number of carbonyl (C=O) groups excluding carboxylic acids is 2. The molecule has 1 aromatic heterocycles. The second kappa shape index (κ2) is 9.64. The minimum absolute atomic E-state index is 0.0947. The summed E-state index contributed by atoms with van der Waals surface area (Å²) < 4.78 is 33.7. The Balaban J connectivity index is 1.15. The maximum absolute atomic E-state index is 14.8. The largest absolute Gasteiger partial charge is 0.452 e. The molecule has 0 bridgehead atoms. The first-order valence-electron chi connectivity index (χ1n) is 12.2. The highest BCUT2D eigenvalue weighted by Crippen LogP contribution is 2.48. The highest BCUT2D eigenvalue weighted by atomic mass is 19.1. The molecule has 3 aromatic carbocycles. The van der Waals surface area contributed by atoms with Crippen LogP contribution in [0.1, 0.15) is 18.4 Å². The number of anilines is 4. The highest BCUT2D eigenvalue weighted by Gasteiger charge is 2.56. The number of fused-ring (bicyclic) bond motifs is 2. The number of nitrogens with zero attached hydrogens (tertiary/aromatic N) is 2. The number of ether oxygens (including phenoxy) is 1. The molecule has 4 aromatic rings. The first-order chi connectivity index (χ1) is 18.9. The summed E-state index contributed by atoms with van der Waals surface area (Å²) in [5, 5.41) is 8.58. The zero-order valence-electron chi connectivity index (χ0n) is 20.4. The van der Waals surface area contributed by atoms with E-state index in [9.17, 15) is 18.4 Å². The number of aliphatic imine (C=N–C) groups is 1. The first-order valence-corrected chi connectivity index (χ1v) is 12.2. The zero-order valence-corrected chi connectivity index (χ0v) is 20.4. The van der Waals surface area contributed by atoms with E-state index in [2.05, 4.69) is 25.9 Å². The SMILES string of the molecule is O=C(Nc1ccc(F)cc1)C1(C(=O)Nc2ccc(Oc3c(F)cnc4c3N=Cc3ccccc3N4)cc2)CC1. The average Bonchev–Trinajstić information content (AvgIpc) is 3.77. The number of amides is 2. The first kappa shape index (κ1) is 24.2. The normalized spacial score (nSPS) is 14.2. The Kier molecular flexibility index (Phi) is 5.99. The van der Waals surface area contributed by atoms with Gasteiger partial charge < -0.3 is 20.7 Å². The molecule has 0 unspecified atom stereocenters. The van der Waals surface area contributed by atoms with E-state index in [-0.39, 0.29) is 11.4 Å². The predicted octanol–water partition coefficient (Wildman–Crippen LogP) is 6.32. The van der Waals surface area contributed by atoms with Gasteiger partial charge in [-0.15, -0.1) is 0 Å². The van der Waals surface area contributed by atoms with Crippen LogP contribution in [0.4, 0.5) is 37.3 Å². The van der Waals surface area contributed by atoms with E-state index in [4.69, 9.17) is 4.74 Å². The van der Waals surface area contributed by atoms with Crippen LogP contribution in [0, 0.1) is 17.0 Å². The Labute approximate surface area is 221 Å². The van der Waals surface area contributed by atoms with Crippen LogP contribution in [0.5, 0.6) is 11.5 Å². The molecule has 6 rings (SSSR count). The van der Waals surface area contributed by atoms with Crippen molar-refractivity contribution in [3.63, 3.8) is 0 Å². The lowest BCUT2D eigenvalue weighted by atomic mass is 10.0. The van der Waals surface area contributed by atoms with Crippen molar-refractivity contribution in [1.29, 1.82) is 0 Å². The van der Waals surface area contributed by atoms with Gasteiger partial charge >= 0.3 is 0 Å². The van der Waals surface area contributed by atoms with Gasteiger partial charge in [-0.2, -0.15) is 0 Å². The Morgan fingerprint density at radius 3 is 2.18 bits per heavy atom. The maximum atomic E-state index is 14.8. The van der Waals surface area contributed by atoms with Crippen molar-refractivity contribution >= 4 is 46.6 Å². The third kappa shape index (κ3) is 4.79. The molecule has 2 aliphatic rings. The maximum Gasteiger partial charge on any atom is 0.240 e. The summed E-state index contributed by atoms with van der Waals surface area (Å²) in [6.07, 6.45) is 3.47. The van der Waals surface area contributed by atoms with Gasteiger partial charge in [-0.25, -0.2) is 18.8 Å². The van der Waals surface area contributed by atoms with Crippen molar-refractivity contribution in [2.24, 2.45) is 10.4 Å². The van der Waals surface area contributed by atoms with Gasteiger partial charge in [0.2, 0.25) is 11.8 Å². The molecule has 1 saturated carbocycles. The molecule has 3 N–H and O–H groups in total.